The third-order valence-electron chi connectivity index (χ3n) is 3.17. The van der Waals surface area contributed by atoms with Crippen molar-refractivity contribution in [3.63, 3.8) is 0 Å². The molecule has 0 atom stereocenters. The quantitative estimate of drug-likeness (QED) is 0.893. The number of aliphatic imine (C=N–C) groups is 1. The Balaban J connectivity index is 1.87. The molecule has 20 heavy (non-hydrogen) atoms. The highest BCUT2D eigenvalue weighted by Gasteiger charge is 2.17. The number of anilines is 1. The van der Waals surface area contributed by atoms with Crippen LogP contribution >= 0.6 is 11.6 Å². The lowest BCUT2D eigenvalue weighted by molar-refractivity contribution is 0.657. The van der Waals surface area contributed by atoms with E-state index in [2.05, 4.69) is 20.6 Å². The van der Waals surface area contributed by atoms with Crippen LogP contribution in [0.15, 0.2) is 29.3 Å². The molecule has 1 aliphatic heterocycles. The fourth-order valence-corrected chi connectivity index (χ4v) is 2.28. The van der Waals surface area contributed by atoms with Gasteiger partial charge in [-0.1, -0.05) is 35.0 Å². The highest BCUT2D eigenvalue weighted by Crippen LogP contribution is 2.18. The van der Waals surface area contributed by atoms with E-state index in [-0.39, 0.29) is 0 Å². The number of nitrogens with one attached hydrogen (secondary N) is 1. The Hall–Kier alpha value is -2.08. The minimum absolute atomic E-state index is 0.492. The number of nitrogens with two attached hydrogens (primary N) is 1. The second kappa shape index (κ2) is 5.50. The third-order valence-corrected chi connectivity index (χ3v) is 3.54. The van der Waals surface area contributed by atoms with E-state index < -0.39 is 0 Å². The molecule has 7 heteroatoms. The number of benzene rings is 1. The molecule has 104 valence electrons. The lowest BCUT2D eigenvalue weighted by Gasteiger charge is -2.12. The Bertz CT molecular complexity index is 648. The van der Waals surface area contributed by atoms with Crippen LogP contribution in [0.1, 0.15) is 17.7 Å². The van der Waals surface area contributed by atoms with Crippen LogP contribution in [-0.4, -0.2) is 33.9 Å². The standard InChI is InChI=1S/C13H15ClN6/c14-10-5-2-1-4-9(10)8-20-12(15)11(18-19-20)13-16-6-3-7-17-13/h1-2,4-5H,3,6-8,15H2,(H,16,17). The van der Waals surface area contributed by atoms with Gasteiger partial charge in [0.2, 0.25) is 0 Å². The van der Waals surface area contributed by atoms with Gasteiger partial charge in [-0.05, 0) is 18.1 Å². The molecule has 1 aromatic carbocycles. The molecule has 2 aromatic rings. The predicted octanol–water partition coefficient (Wildman–Crippen LogP) is 1.30. The Morgan fingerprint density at radius 2 is 2.20 bits per heavy atom. The molecule has 0 bridgehead atoms. The zero-order chi connectivity index (χ0) is 13.9. The molecule has 0 amide bonds. The number of nitrogens with zero attached hydrogens (tertiary/aromatic N) is 4. The van der Waals surface area contributed by atoms with Crippen molar-refractivity contribution in [2.75, 3.05) is 18.8 Å². The molecule has 1 aromatic heterocycles. The van der Waals surface area contributed by atoms with Crippen LogP contribution in [0.25, 0.3) is 0 Å². The zero-order valence-electron chi connectivity index (χ0n) is 10.9. The van der Waals surface area contributed by atoms with Crippen LogP contribution in [0.4, 0.5) is 5.82 Å². The predicted molar refractivity (Wildman–Crippen MR) is 79.0 cm³/mol. The maximum Gasteiger partial charge on any atom is 0.171 e. The van der Waals surface area contributed by atoms with Gasteiger partial charge in [-0.3, -0.25) is 4.99 Å². The molecule has 0 spiro atoms. The van der Waals surface area contributed by atoms with Crippen molar-refractivity contribution < 1.29 is 0 Å². The van der Waals surface area contributed by atoms with Crippen molar-refractivity contribution in [3.05, 3.63) is 40.5 Å². The van der Waals surface area contributed by atoms with Crippen LogP contribution in [0.2, 0.25) is 5.02 Å². The molecule has 0 saturated carbocycles. The number of amidine groups is 1. The first-order valence-corrected chi connectivity index (χ1v) is 6.84. The average Bonchev–Trinajstić information content (AvgIpc) is 2.84. The Morgan fingerprint density at radius 1 is 1.35 bits per heavy atom. The van der Waals surface area contributed by atoms with Crippen LogP contribution in [0, 0.1) is 0 Å². The number of hydrogen-bond acceptors (Lipinski definition) is 5. The van der Waals surface area contributed by atoms with E-state index in [9.17, 15) is 0 Å². The number of nitrogen functional groups attached to an aromatic ring is 1. The van der Waals surface area contributed by atoms with Gasteiger partial charge in [-0.15, -0.1) is 5.10 Å². The second-order valence-corrected chi connectivity index (χ2v) is 4.99. The lowest BCUT2D eigenvalue weighted by Crippen LogP contribution is -2.31. The van der Waals surface area contributed by atoms with Gasteiger partial charge in [0, 0.05) is 18.1 Å². The van der Waals surface area contributed by atoms with Gasteiger partial charge in [-0.25, -0.2) is 4.68 Å². The van der Waals surface area contributed by atoms with Crippen molar-refractivity contribution in [2.24, 2.45) is 4.99 Å². The second-order valence-electron chi connectivity index (χ2n) is 4.58. The molecule has 0 fully saturated rings. The number of rotatable bonds is 3. The molecule has 3 rings (SSSR count). The van der Waals surface area contributed by atoms with Gasteiger partial charge < -0.3 is 11.1 Å². The summed E-state index contributed by atoms with van der Waals surface area (Å²) in [7, 11) is 0. The van der Waals surface area contributed by atoms with Crippen molar-refractivity contribution in [1.82, 2.24) is 20.3 Å². The summed E-state index contributed by atoms with van der Waals surface area (Å²) >= 11 is 6.14. The molecule has 0 radical (unpaired) electrons. The first kappa shape index (κ1) is 12.9. The van der Waals surface area contributed by atoms with E-state index in [4.69, 9.17) is 17.3 Å². The summed E-state index contributed by atoms with van der Waals surface area (Å²) < 4.78 is 1.63. The van der Waals surface area contributed by atoms with Gasteiger partial charge in [0.25, 0.3) is 0 Å². The van der Waals surface area contributed by atoms with E-state index in [0.717, 1.165) is 30.9 Å². The highest BCUT2D eigenvalue weighted by molar-refractivity contribution is 6.31. The minimum Gasteiger partial charge on any atom is -0.382 e. The largest absolute Gasteiger partial charge is 0.382 e. The summed E-state index contributed by atoms with van der Waals surface area (Å²) in [6.07, 6.45) is 1.02. The molecule has 1 aliphatic rings. The van der Waals surface area contributed by atoms with Gasteiger partial charge in [0.05, 0.1) is 6.54 Å². The first-order valence-electron chi connectivity index (χ1n) is 6.47. The topological polar surface area (TPSA) is 81.1 Å². The Labute approximate surface area is 121 Å². The normalized spacial score (nSPS) is 14.8. The number of halogens is 1. The molecule has 0 unspecified atom stereocenters. The maximum absolute atomic E-state index is 6.14. The van der Waals surface area contributed by atoms with Gasteiger partial charge in [-0.2, -0.15) is 0 Å². The Kier molecular flexibility index (Phi) is 3.56. The fraction of sp³-hybridized carbons (Fsp3) is 0.308. The smallest absolute Gasteiger partial charge is 0.171 e. The van der Waals surface area contributed by atoms with Gasteiger partial charge in [0.1, 0.15) is 0 Å². The number of aromatic nitrogens is 3. The third kappa shape index (κ3) is 2.46. The summed E-state index contributed by atoms with van der Waals surface area (Å²) in [5.74, 6) is 1.22. The maximum atomic E-state index is 6.14. The average molecular weight is 291 g/mol. The van der Waals surface area contributed by atoms with Crippen LogP contribution in [0.3, 0.4) is 0 Å². The van der Waals surface area contributed by atoms with Crippen LogP contribution in [0.5, 0.6) is 0 Å². The Morgan fingerprint density at radius 3 is 2.95 bits per heavy atom. The molecule has 0 saturated heterocycles. The van der Waals surface area contributed by atoms with E-state index in [1.54, 1.807) is 4.68 Å². The highest BCUT2D eigenvalue weighted by atomic mass is 35.5. The summed E-state index contributed by atoms with van der Waals surface area (Å²) in [6.45, 7) is 2.17. The van der Waals surface area contributed by atoms with Gasteiger partial charge >= 0.3 is 0 Å². The lowest BCUT2D eigenvalue weighted by atomic mass is 10.2. The SMILES string of the molecule is Nc1c(C2=NCCCN2)nnn1Cc1ccccc1Cl. The summed E-state index contributed by atoms with van der Waals surface area (Å²) in [5, 5.41) is 12.1. The summed E-state index contributed by atoms with van der Waals surface area (Å²) in [6, 6.07) is 7.61. The molecular weight excluding hydrogens is 276 g/mol. The molecule has 6 nitrogen and oxygen atoms in total. The number of hydrogen-bond donors (Lipinski definition) is 2. The van der Waals surface area contributed by atoms with Crippen molar-refractivity contribution in [3.8, 4) is 0 Å². The molecule has 2 heterocycles. The summed E-state index contributed by atoms with van der Waals surface area (Å²) in [4.78, 5) is 4.38. The first-order chi connectivity index (χ1) is 9.75. The molecule has 0 aliphatic carbocycles. The van der Waals surface area contributed by atoms with Gasteiger partial charge in [0.15, 0.2) is 17.3 Å². The minimum atomic E-state index is 0.492. The summed E-state index contributed by atoms with van der Waals surface area (Å²) in [5.41, 5.74) is 7.67. The van der Waals surface area contributed by atoms with Crippen LogP contribution in [-0.2, 0) is 6.54 Å². The molecular formula is C13H15ClN6. The van der Waals surface area contributed by atoms with E-state index in [0.29, 0.717) is 23.1 Å². The van der Waals surface area contributed by atoms with Crippen LogP contribution < -0.4 is 11.1 Å². The van der Waals surface area contributed by atoms with E-state index in [1.807, 2.05) is 24.3 Å². The van der Waals surface area contributed by atoms with E-state index in [1.165, 1.54) is 0 Å². The molecule has 3 N–H and O–H groups in total. The van der Waals surface area contributed by atoms with Crippen molar-refractivity contribution >= 4 is 23.3 Å². The van der Waals surface area contributed by atoms with Crippen molar-refractivity contribution in [1.29, 1.82) is 0 Å². The van der Waals surface area contributed by atoms with E-state index >= 15 is 0 Å². The fourth-order valence-electron chi connectivity index (χ4n) is 2.09. The monoisotopic (exact) mass is 290 g/mol. The zero-order valence-corrected chi connectivity index (χ0v) is 11.6. The van der Waals surface area contributed by atoms with Crippen molar-refractivity contribution in [2.45, 2.75) is 13.0 Å².